The molecule has 2 aromatic rings. The summed E-state index contributed by atoms with van der Waals surface area (Å²) in [6.45, 7) is 8.62. The lowest BCUT2D eigenvalue weighted by Crippen LogP contribution is -2.33. The SMILES string of the molecule is CCCc1c(-c2ccsc2)c(C(N)=O)c(C)n1CCN1CCCCC1. The molecule has 2 aromatic heterocycles. The number of hydrogen-bond acceptors (Lipinski definition) is 3. The van der Waals surface area contributed by atoms with E-state index in [0.717, 1.165) is 42.8 Å². The summed E-state index contributed by atoms with van der Waals surface area (Å²) in [6.07, 6.45) is 5.99. The van der Waals surface area contributed by atoms with E-state index >= 15 is 0 Å². The number of primary amides is 1. The molecule has 0 atom stereocenters. The molecule has 1 fully saturated rings. The quantitative estimate of drug-likeness (QED) is 0.810. The minimum Gasteiger partial charge on any atom is -0.366 e. The molecule has 0 spiro atoms. The van der Waals surface area contributed by atoms with Gasteiger partial charge in [0.1, 0.15) is 0 Å². The number of nitrogens with two attached hydrogens (primary N) is 1. The first-order valence-corrected chi connectivity index (χ1v) is 10.3. The Labute approximate surface area is 154 Å². The summed E-state index contributed by atoms with van der Waals surface area (Å²) in [7, 11) is 0. The summed E-state index contributed by atoms with van der Waals surface area (Å²) in [5.74, 6) is -0.312. The largest absolute Gasteiger partial charge is 0.366 e. The van der Waals surface area contributed by atoms with Gasteiger partial charge < -0.3 is 15.2 Å². The Hall–Kier alpha value is -1.59. The van der Waals surface area contributed by atoms with E-state index in [-0.39, 0.29) is 5.91 Å². The van der Waals surface area contributed by atoms with Crippen molar-refractivity contribution in [3.63, 3.8) is 0 Å². The normalized spacial score (nSPS) is 15.6. The molecule has 25 heavy (non-hydrogen) atoms. The van der Waals surface area contributed by atoms with Gasteiger partial charge in [-0.1, -0.05) is 19.8 Å². The molecule has 0 aliphatic carbocycles. The predicted molar refractivity (Wildman–Crippen MR) is 105 cm³/mol. The second-order valence-electron chi connectivity index (χ2n) is 6.96. The van der Waals surface area contributed by atoms with E-state index in [4.69, 9.17) is 5.73 Å². The highest BCUT2D eigenvalue weighted by Crippen LogP contribution is 2.34. The molecular formula is C20H29N3OS. The number of rotatable bonds is 7. The highest BCUT2D eigenvalue weighted by Gasteiger charge is 2.24. The number of piperidine rings is 1. The second kappa shape index (κ2) is 8.19. The molecule has 1 aliphatic rings. The van der Waals surface area contributed by atoms with Crippen LogP contribution in [0, 0.1) is 6.92 Å². The van der Waals surface area contributed by atoms with E-state index in [2.05, 4.69) is 33.2 Å². The summed E-state index contributed by atoms with van der Waals surface area (Å²) in [6, 6.07) is 2.10. The second-order valence-corrected chi connectivity index (χ2v) is 7.74. The third-order valence-electron chi connectivity index (χ3n) is 5.26. The lowest BCUT2D eigenvalue weighted by atomic mass is 10.0. The van der Waals surface area contributed by atoms with Crippen LogP contribution < -0.4 is 5.73 Å². The van der Waals surface area contributed by atoms with E-state index in [1.54, 1.807) is 11.3 Å². The van der Waals surface area contributed by atoms with Crippen molar-refractivity contribution in [2.45, 2.75) is 52.5 Å². The Morgan fingerprint density at radius 2 is 2.00 bits per heavy atom. The average molecular weight is 360 g/mol. The van der Waals surface area contributed by atoms with Crippen molar-refractivity contribution >= 4 is 17.2 Å². The van der Waals surface area contributed by atoms with Crippen LogP contribution in [-0.4, -0.2) is 35.0 Å². The standard InChI is InChI=1S/C20H29N3OS/c1-3-7-17-19(16-8-13-25-14-16)18(20(21)24)15(2)23(17)12-11-22-9-5-4-6-10-22/h8,13-14H,3-7,9-12H2,1-2H3,(H2,21,24). The average Bonchev–Trinajstić information content (AvgIpc) is 3.21. The monoisotopic (exact) mass is 359 g/mol. The molecular weight excluding hydrogens is 330 g/mol. The van der Waals surface area contributed by atoms with E-state index in [0.29, 0.717) is 5.56 Å². The smallest absolute Gasteiger partial charge is 0.251 e. The van der Waals surface area contributed by atoms with Crippen molar-refractivity contribution in [1.29, 1.82) is 0 Å². The summed E-state index contributed by atoms with van der Waals surface area (Å²) >= 11 is 1.66. The Kier molecular flexibility index (Phi) is 5.97. The molecule has 0 aromatic carbocycles. The van der Waals surface area contributed by atoms with Gasteiger partial charge in [-0.25, -0.2) is 0 Å². The van der Waals surface area contributed by atoms with Crippen molar-refractivity contribution in [2.75, 3.05) is 19.6 Å². The van der Waals surface area contributed by atoms with Crippen LogP contribution in [0.5, 0.6) is 0 Å². The molecule has 0 unspecified atom stereocenters. The third kappa shape index (κ3) is 3.82. The zero-order valence-electron chi connectivity index (χ0n) is 15.4. The highest BCUT2D eigenvalue weighted by molar-refractivity contribution is 7.08. The third-order valence-corrected chi connectivity index (χ3v) is 5.95. The zero-order valence-corrected chi connectivity index (χ0v) is 16.2. The zero-order chi connectivity index (χ0) is 17.8. The van der Waals surface area contributed by atoms with Gasteiger partial charge in [-0.15, -0.1) is 0 Å². The Bertz CT molecular complexity index is 712. The summed E-state index contributed by atoms with van der Waals surface area (Å²) in [5.41, 5.74) is 11.0. The van der Waals surface area contributed by atoms with Gasteiger partial charge in [0, 0.05) is 30.0 Å². The number of nitrogens with zero attached hydrogens (tertiary/aromatic N) is 2. The number of likely N-dealkylation sites (tertiary alicyclic amines) is 1. The van der Waals surface area contributed by atoms with Gasteiger partial charge in [-0.05, 0) is 61.7 Å². The van der Waals surface area contributed by atoms with Crippen LogP contribution in [0.25, 0.3) is 11.1 Å². The molecule has 0 saturated carbocycles. The van der Waals surface area contributed by atoms with E-state index in [9.17, 15) is 4.79 Å². The minimum absolute atomic E-state index is 0.312. The molecule has 1 saturated heterocycles. The van der Waals surface area contributed by atoms with E-state index in [1.807, 2.05) is 6.92 Å². The molecule has 2 N–H and O–H groups in total. The molecule has 1 aliphatic heterocycles. The number of carbonyl (C=O) groups is 1. The molecule has 1 amide bonds. The molecule has 5 heteroatoms. The van der Waals surface area contributed by atoms with Crippen LogP contribution in [-0.2, 0) is 13.0 Å². The fourth-order valence-corrected chi connectivity index (χ4v) is 4.69. The minimum atomic E-state index is -0.312. The first kappa shape index (κ1) is 18.2. The Morgan fingerprint density at radius 3 is 2.60 bits per heavy atom. The van der Waals surface area contributed by atoms with Crippen molar-refractivity contribution < 1.29 is 4.79 Å². The molecule has 3 rings (SSSR count). The molecule has 4 nitrogen and oxygen atoms in total. The van der Waals surface area contributed by atoms with Gasteiger partial charge in [0.2, 0.25) is 0 Å². The number of aromatic nitrogens is 1. The number of carbonyl (C=O) groups excluding carboxylic acids is 1. The maximum absolute atomic E-state index is 12.2. The summed E-state index contributed by atoms with van der Waals surface area (Å²) < 4.78 is 2.35. The van der Waals surface area contributed by atoms with Crippen LogP contribution in [0.3, 0.4) is 0 Å². The Balaban J connectivity index is 1.98. The first-order chi connectivity index (χ1) is 12.1. The maximum atomic E-state index is 12.2. The lowest BCUT2D eigenvalue weighted by Gasteiger charge is -2.27. The maximum Gasteiger partial charge on any atom is 0.251 e. The van der Waals surface area contributed by atoms with Crippen LogP contribution in [0.2, 0.25) is 0 Å². The van der Waals surface area contributed by atoms with Crippen molar-refractivity contribution in [1.82, 2.24) is 9.47 Å². The van der Waals surface area contributed by atoms with Gasteiger partial charge >= 0.3 is 0 Å². The topological polar surface area (TPSA) is 51.3 Å². The van der Waals surface area contributed by atoms with Gasteiger partial charge in [-0.2, -0.15) is 11.3 Å². The van der Waals surface area contributed by atoms with Crippen LogP contribution in [0.4, 0.5) is 0 Å². The van der Waals surface area contributed by atoms with Gasteiger partial charge in [0.05, 0.1) is 5.56 Å². The van der Waals surface area contributed by atoms with Crippen LogP contribution in [0.15, 0.2) is 16.8 Å². The first-order valence-electron chi connectivity index (χ1n) is 9.40. The number of thiophene rings is 1. The summed E-state index contributed by atoms with van der Waals surface area (Å²) in [5, 5.41) is 4.19. The lowest BCUT2D eigenvalue weighted by molar-refractivity contribution is 0.1000. The highest BCUT2D eigenvalue weighted by atomic mass is 32.1. The van der Waals surface area contributed by atoms with Crippen molar-refractivity contribution in [3.05, 3.63) is 33.8 Å². The Morgan fingerprint density at radius 1 is 1.24 bits per heavy atom. The van der Waals surface area contributed by atoms with E-state index in [1.165, 1.54) is 38.0 Å². The molecule has 3 heterocycles. The van der Waals surface area contributed by atoms with Gasteiger partial charge in [0.25, 0.3) is 5.91 Å². The number of amides is 1. The van der Waals surface area contributed by atoms with Crippen LogP contribution in [0.1, 0.15) is 54.4 Å². The predicted octanol–water partition coefficient (Wildman–Crippen LogP) is 4.06. The molecule has 136 valence electrons. The van der Waals surface area contributed by atoms with Crippen LogP contribution >= 0.6 is 11.3 Å². The van der Waals surface area contributed by atoms with E-state index < -0.39 is 0 Å². The van der Waals surface area contributed by atoms with Gasteiger partial charge in [-0.3, -0.25) is 4.79 Å². The molecule has 0 radical (unpaired) electrons. The molecule has 0 bridgehead atoms. The number of hydrogen-bond donors (Lipinski definition) is 1. The fraction of sp³-hybridized carbons (Fsp3) is 0.550. The van der Waals surface area contributed by atoms with Crippen molar-refractivity contribution in [2.24, 2.45) is 5.73 Å². The van der Waals surface area contributed by atoms with Crippen molar-refractivity contribution in [3.8, 4) is 11.1 Å². The van der Waals surface area contributed by atoms with Gasteiger partial charge in [0.15, 0.2) is 0 Å². The summed E-state index contributed by atoms with van der Waals surface area (Å²) in [4.78, 5) is 14.8. The fourth-order valence-electron chi connectivity index (χ4n) is 4.04.